The monoisotopic (exact) mass is 438 g/mol. The second-order valence-electron chi connectivity index (χ2n) is 9.02. The Hall–Kier alpha value is -3.35. The van der Waals surface area contributed by atoms with Crippen molar-refractivity contribution in [3.05, 3.63) is 53.6 Å². The second kappa shape index (κ2) is 9.42. The molecule has 170 valence electrons. The summed E-state index contributed by atoms with van der Waals surface area (Å²) in [5, 5.41) is 2.86. The standard InChI is InChI=1S/C25H30N2O5/c1-16(2)12-13-27-20-14-19(10-11-21(20)32-15-25(3,4)24(27)30)26-22(28)17-6-8-18(9-7-17)23(29)31-5/h6-11,14,16H,12-13,15H2,1-5H3,(H,26,28). The minimum Gasteiger partial charge on any atom is -0.490 e. The van der Waals surface area contributed by atoms with E-state index in [0.29, 0.717) is 40.7 Å². The van der Waals surface area contributed by atoms with Crippen LogP contribution in [0.2, 0.25) is 0 Å². The quantitative estimate of drug-likeness (QED) is 0.670. The number of esters is 1. The lowest BCUT2D eigenvalue weighted by atomic mass is 9.92. The van der Waals surface area contributed by atoms with E-state index in [4.69, 9.17) is 4.74 Å². The molecule has 1 N–H and O–H groups in total. The Morgan fingerprint density at radius 2 is 1.78 bits per heavy atom. The van der Waals surface area contributed by atoms with Crippen molar-refractivity contribution in [2.75, 3.05) is 30.5 Å². The van der Waals surface area contributed by atoms with E-state index in [-0.39, 0.29) is 18.4 Å². The van der Waals surface area contributed by atoms with Crippen LogP contribution in [-0.4, -0.2) is 38.0 Å². The van der Waals surface area contributed by atoms with Crippen molar-refractivity contribution >= 4 is 29.2 Å². The van der Waals surface area contributed by atoms with Crippen LogP contribution in [0.3, 0.4) is 0 Å². The highest BCUT2D eigenvalue weighted by Gasteiger charge is 2.37. The van der Waals surface area contributed by atoms with Crippen LogP contribution in [0, 0.1) is 11.3 Å². The summed E-state index contributed by atoms with van der Waals surface area (Å²) in [4.78, 5) is 39.3. The van der Waals surface area contributed by atoms with Gasteiger partial charge in [-0.1, -0.05) is 13.8 Å². The number of benzene rings is 2. The molecule has 0 spiro atoms. The first-order chi connectivity index (χ1) is 15.1. The second-order valence-corrected chi connectivity index (χ2v) is 9.02. The van der Waals surface area contributed by atoms with Gasteiger partial charge in [0.15, 0.2) is 0 Å². The molecule has 0 fully saturated rings. The lowest BCUT2D eigenvalue weighted by Gasteiger charge is -2.28. The van der Waals surface area contributed by atoms with Crippen LogP contribution in [-0.2, 0) is 9.53 Å². The van der Waals surface area contributed by atoms with E-state index < -0.39 is 11.4 Å². The van der Waals surface area contributed by atoms with Gasteiger partial charge in [-0.05, 0) is 68.7 Å². The van der Waals surface area contributed by atoms with Crippen molar-refractivity contribution in [2.45, 2.75) is 34.1 Å². The van der Waals surface area contributed by atoms with Gasteiger partial charge in [0.25, 0.3) is 5.91 Å². The smallest absolute Gasteiger partial charge is 0.337 e. The number of hydrogen-bond acceptors (Lipinski definition) is 5. The van der Waals surface area contributed by atoms with Crippen molar-refractivity contribution < 1.29 is 23.9 Å². The molecule has 2 aromatic rings. The summed E-state index contributed by atoms with van der Waals surface area (Å²) in [6.45, 7) is 8.85. The van der Waals surface area contributed by atoms with Crippen LogP contribution in [0.1, 0.15) is 54.8 Å². The number of carbonyl (C=O) groups is 3. The summed E-state index contributed by atoms with van der Waals surface area (Å²) >= 11 is 0. The molecule has 7 heteroatoms. The topological polar surface area (TPSA) is 84.9 Å². The van der Waals surface area contributed by atoms with Crippen molar-refractivity contribution in [3.8, 4) is 5.75 Å². The molecule has 1 heterocycles. The highest BCUT2D eigenvalue weighted by molar-refractivity contribution is 6.06. The maximum Gasteiger partial charge on any atom is 0.337 e. The third kappa shape index (κ3) is 5.10. The molecule has 0 unspecified atom stereocenters. The van der Waals surface area contributed by atoms with E-state index in [2.05, 4.69) is 23.9 Å². The molecule has 7 nitrogen and oxygen atoms in total. The van der Waals surface area contributed by atoms with Crippen LogP contribution in [0.4, 0.5) is 11.4 Å². The summed E-state index contributed by atoms with van der Waals surface area (Å²) in [6.07, 6.45) is 0.852. The molecule has 0 aliphatic carbocycles. The molecule has 0 saturated carbocycles. The van der Waals surface area contributed by atoms with E-state index >= 15 is 0 Å². The van der Waals surface area contributed by atoms with Gasteiger partial charge < -0.3 is 19.7 Å². The van der Waals surface area contributed by atoms with Gasteiger partial charge in [0.05, 0.1) is 23.8 Å². The molecule has 32 heavy (non-hydrogen) atoms. The first-order valence-electron chi connectivity index (χ1n) is 10.7. The molecule has 1 aliphatic rings. The lowest BCUT2D eigenvalue weighted by Crippen LogP contribution is -2.42. The highest BCUT2D eigenvalue weighted by Crippen LogP contribution is 2.38. The number of rotatable bonds is 6. The molecule has 1 aliphatic heterocycles. The van der Waals surface area contributed by atoms with Gasteiger partial charge in [0.2, 0.25) is 5.91 Å². The minimum absolute atomic E-state index is 0.00113. The Morgan fingerprint density at radius 1 is 1.12 bits per heavy atom. The average Bonchev–Trinajstić information content (AvgIpc) is 2.86. The van der Waals surface area contributed by atoms with E-state index in [1.54, 1.807) is 47.4 Å². The normalized spacial score (nSPS) is 14.9. The van der Waals surface area contributed by atoms with Gasteiger partial charge >= 0.3 is 5.97 Å². The number of methoxy groups -OCH3 is 1. The number of nitrogens with zero attached hydrogens (tertiary/aromatic N) is 1. The maximum absolute atomic E-state index is 13.2. The molecule has 2 aromatic carbocycles. The zero-order valence-corrected chi connectivity index (χ0v) is 19.2. The van der Waals surface area contributed by atoms with Crippen LogP contribution in [0.15, 0.2) is 42.5 Å². The predicted octanol–water partition coefficient (Wildman–Crippen LogP) is 4.52. The molecule has 3 rings (SSSR count). The number of fused-ring (bicyclic) bond motifs is 1. The first kappa shape index (κ1) is 23.3. The van der Waals surface area contributed by atoms with Crippen LogP contribution in [0.5, 0.6) is 5.75 Å². The van der Waals surface area contributed by atoms with Gasteiger partial charge in [-0.2, -0.15) is 0 Å². The van der Waals surface area contributed by atoms with Crippen molar-refractivity contribution in [1.82, 2.24) is 0 Å². The van der Waals surface area contributed by atoms with Crippen LogP contribution < -0.4 is 15.0 Å². The van der Waals surface area contributed by atoms with Gasteiger partial charge in [0, 0.05) is 17.8 Å². The summed E-state index contributed by atoms with van der Waals surface area (Å²) < 4.78 is 10.6. The van der Waals surface area contributed by atoms with Crippen LogP contribution >= 0.6 is 0 Å². The van der Waals surface area contributed by atoms with Crippen LogP contribution in [0.25, 0.3) is 0 Å². The van der Waals surface area contributed by atoms with E-state index in [1.165, 1.54) is 7.11 Å². The van der Waals surface area contributed by atoms with E-state index in [0.717, 1.165) is 6.42 Å². The van der Waals surface area contributed by atoms with Gasteiger partial charge in [-0.3, -0.25) is 9.59 Å². The Balaban J connectivity index is 1.86. The third-order valence-corrected chi connectivity index (χ3v) is 5.42. The van der Waals surface area contributed by atoms with Gasteiger partial charge in [0.1, 0.15) is 12.4 Å². The molecule has 2 amide bonds. The summed E-state index contributed by atoms with van der Waals surface area (Å²) in [7, 11) is 1.31. The molecular formula is C25H30N2O5. The number of hydrogen-bond donors (Lipinski definition) is 1. The Labute approximate surface area is 188 Å². The number of anilines is 2. The molecule has 0 saturated heterocycles. The van der Waals surface area contributed by atoms with Gasteiger partial charge in [-0.15, -0.1) is 0 Å². The fourth-order valence-corrected chi connectivity index (χ4v) is 3.41. The Morgan fingerprint density at radius 3 is 2.41 bits per heavy atom. The predicted molar refractivity (Wildman–Crippen MR) is 123 cm³/mol. The SMILES string of the molecule is COC(=O)c1ccc(C(=O)Nc2ccc3c(c2)N(CCC(C)C)C(=O)C(C)(C)CO3)cc1. The Kier molecular flexibility index (Phi) is 6.87. The molecule has 0 atom stereocenters. The van der Waals surface area contributed by atoms with Crippen molar-refractivity contribution in [2.24, 2.45) is 11.3 Å². The summed E-state index contributed by atoms with van der Waals surface area (Å²) in [5.41, 5.74) is 1.32. The molecule has 0 bridgehead atoms. The number of nitrogens with one attached hydrogen (secondary N) is 1. The van der Waals surface area contributed by atoms with E-state index in [9.17, 15) is 14.4 Å². The summed E-state index contributed by atoms with van der Waals surface area (Å²) in [6, 6.07) is 11.5. The summed E-state index contributed by atoms with van der Waals surface area (Å²) in [5.74, 6) is 0.273. The van der Waals surface area contributed by atoms with Crippen molar-refractivity contribution in [1.29, 1.82) is 0 Å². The third-order valence-electron chi connectivity index (χ3n) is 5.42. The first-order valence-corrected chi connectivity index (χ1v) is 10.7. The largest absolute Gasteiger partial charge is 0.490 e. The fraction of sp³-hybridized carbons (Fsp3) is 0.400. The van der Waals surface area contributed by atoms with Crippen molar-refractivity contribution in [3.63, 3.8) is 0 Å². The molecule has 0 radical (unpaired) electrons. The highest BCUT2D eigenvalue weighted by atomic mass is 16.5. The van der Waals surface area contributed by atoms with E-state index in [1.807, 2.05) is 13.8 Å². The molecular weight excluding hydrogens is 408 g/mol. The Bertz CT molecular complexity index is 1010. The average molecular weight is 439 g/mol. The zero-order valence-electron chi connectivity index (χ0n) is 19.2. The number of carbonyl (C=O) groups excluding carboxylic acids is 3. The minimum atomic E-state index is -0.652. The molecule has 0 aromatic heterocycles. The zero-order chi connectivity index (χ0) is 23.5. The fourth-order valence-electron chi connectivity index (χ4n) is 3.41. The maximum atomic E-state index is 13.2. The lowest BCUT2D eigenvalue weighted by molar-refractivity contribution is -0.127. The number of ether oxygens (including phenoxy) is 2. The van der Waals surface area contributed by atoms with Gasteiger partial charge in [-0.25, -0.2) is 4.79 Å². The number of amides is 2.